The second-order valence-electron chi connectivity index (χ2n) is 4.85. The van der Waals surface area contributed by atoms with E-state index in [1.807, 2.05) is 24.3 Å². The molecule has 2 aromatic rings. The molecule has 20 heavy (non-hydrogen) atoms. The molecular formula is C16H19N3O. The fourth-order valence-corrected chi connectivity index (χ4v) is 1.97. The molecule has 2 aromatic carbocycles. The molecule has 0 atom stereocenters. The highest BCUT2D eigenvalue weighted by Gasteiger charge is 2.01. The number of amidine groups is 1. The van der Waals surface area contributed by atoms with Crippen LogP contribution in [0.5, 0.6) is 0 Å². The van der Waals surface area contributed by atoms with E-state index in [0.29, 0.717) is 5.56 Å². The summed E-state index contributed by atoms with van der Waals surface area (Å²) in [5.74, 6) is 0.124. The van der Waals surface area contributed by atoms with Crippen molar-refractivity contribution < 1.29 is 5.21 Å². The summed E-state index contributed by atoms with van der Waals surface area (Å²) in [6.07, 6.45) is 0. The molecule has 0 saturated carbocycles. The zero-order valence-corrected chi connectivity index (χ0v) is 11.7. The number of nitrogens with zero attached hydrogens (tertiary/aromatic N) is 1. The molecule has 4 nitrogen and oxygen atoms in total. The first-order valence-corrected chi connectivity index (χ1v) is 6.48. The van der Waals surface area contributed by atoms with Crippen molar-refractivity contribution in [1.82, 2.24) is 0 Å². The van der Waals surface area contributed by atoms with Crippen LogP contribution in [0.2, 0.25) is 0 Å². The van der Waals surface area contributed by atoms with Crippen molar-refractivity contribution in [3.63, 3.8) is 0 Å². The van der Waals surface area contributed by atoms with E-state index in [4.69, 9.17) is 10.9 Å². The van der Waals surface area contributed by atoms with Gasteiger partial charge >= 0.3 is 0 Å². The third-order valence-electron chi connectivity index (χ3n) is 3.23. The maximum absolute atomic E-state index is 8.62. The Morgan fingerprint density at radius 3 is 2.50 bits per heavy atom. The average molecular weight is 269 g/mol. The smallest absolute Gasteiger partial charge is 0.170 e. The molecule has 4 N–H and O–H groups in total. The number of oxime groups is 1. The van der Waals surface area contributed by atoms with E-state index >= 15 is 0 Å². The Morgan fingerprint density at radius 1 is 1.15 bits per heavy atom. The van der Waals surface area contributed by atoms with Gasteiger partial charge in [-0.05, 0) is 36.6 Å². The lowest BCUT2D eigenvalue weighted by atomic mass is 10.1. The van der Waals surface area contributed by atoms with Crippen molar-refractivity contribution in [3.05, 3.63) is 64.7 Å². The Balaban J connectivity index is 2.06. The average Bonchev–Trinajstić information content (AvgIpc) is 2.48. The maximum Gasteiger partial charge on any atom is 0.170 e. The first-order valence-electron chi connectivity index (χ1n) is 6.48. The van der Waals surface area contributed by atoms with Gasteiger partial charge in [0.15, 0.2) is 5.84 Å². The van der Waals surface area contributed by atoms with E-state index in [0.717, 1.165) is 17.8 Å². The third-order valence-corrected chi connectivity index (χ3v) is 3.23. The molecule has 0 heterocycles. The van der Waals surface area contributed by atoms with Gasteiger partial charge in [-0.3, -0.25) is 0 Å². The Morgan fingerprint density at radius 2 is 1.85 bits per heavy atom. The van der Waals surface area contributed by atoms with Crippen LogP contribution in [-0.2, 0) is 6.54 Å². The van der Waals surface area contributed by atoms with Crippen LogP contribution in [0.15, 0.2) is 47.6 Å². The number of nitrogens with one attached hydrogen (secondary N) is 1. The number of hydrogen-bond acceptors (Lipinski definition) is 3. The first-order chi connectivity index (χ1) is 9.60. The lowest BCUT2D eigenvalue weighted by Crippen LogP contribution is -2.13. The van der Waals surface area contributed by atoms with Crippen LogP contribution >= 0.6 is 0 Å². The van der Waals surface area contributed by atoms with E-state index in [1.54, 1.807) is 0 Å². The van der Waals surface area contributed by atoms with Gasteiger partial charge in [-0.15, -0.1) is 0 Å². The van der Waals surface area contributed by atoms with Gasteiger partial charge in [0, 0.05) is 17.8 Å². The topological polar surface area (TPSA) is 70.6 Å². The summed E-state index contributed by atoms with van der Waals surface area (Å²) in [5.41, 5.74) is 11.0. The largest absolute Gasteiger partial charge is 0.409 e. The fourth-order valence-electron chi connectivity index (χ4n) is 1.97. The van der Waals surface area contributed by atoms with Gasteiger partial charge < -0.3 is 16.3 Å². The molecule has 0 radical (unpaired) electrons. The zero-order valence-electron chi connectivity index (χ0n) is 11.7. The molecule has 4 heteroatoms. The molecule has 0 spiro atoms. The SMILES string of the molecule is Cc1ccc(C)c(NCc2ccc(C(N)=NO)cc2)c1. The summed E-state index contributed by atoms with van der Waals surface area (Å²) in [7, 11) is 0. The summed E-state index contributed by atoms with van der Waals surface area (Å²) < 4.78 is 0. The summed E-state index contributed by atoms with van der Waals surface area (Å²) in [4.78, 5) is 0. The Kier molecular flexibility index (Phi) is 4.25. The van der Waals surface area contributed by atoms with Gasteiger partial charge in [0.1, 0.15) is 0 Å². The lowest BCUT2D eigenvalue weighted by molar-refractivity contribution is 0.318. The van der Waals surface area contributed by atoms with Crippen molar-refractivity contribution in [2.45, 2.75) is 20.4 Å². The second kappa shape index (κ2) is 6.10. The molecule has 2 rings (SSSR count). The highest BCUT2D eigenvalue weighted by atomic mass is 16.4. The molecule has 0 bridgehead atoms. The molecule has 0 saturated heterocycles. The van der Waals surface area contributed by atoms with E-state index in [1.165, 1.54) is 11.1 Å². The molecule has 0 fully saturated rings. The normalized spacial score (nSPS) is 11.4. The number of aryl methyl sites for hydroxylation is 2. The molecule has 104 valence electrons. The van der Waals surface area contributed by atoms with Gasteiger partial charge in [0.25, 0.3) is 0 Å². The number of hydrogen-bond donors (Lipinski definition) is 3. The lowest BCUT2D eigenvalue weighted by Gasteiger charge is -2.11. The predicted molar refractivity (Wildman–Crippen MR) is 82.2 cm³/mol. The van der Waals surface area contributed by atoms with Crippen molar-refractivity contribution in [2.24, 2.45) is 10.9 Å². The van der Waals surface area contributed by atoms with Crippen LogP contribution in [-0.4, -0.2) is 11.0 Å². The van der Waals surface area contributed by atoms with E-state index < -0.39 is 0 Å². The van der Waals surface area contributed by atoms with Crippen molar-refractivity contribution in [2.75, 3.05) is 5.32 Å². The van der Waals surface area contributed by atoms with Crippen molar-refractivity contribution in [1.29, 1.82) is 0 Å². The van der Waals surface area contributed by atoms with Crippen LogP contribution in [0, 0.1) is 13.8 Å². The van der Waals surface area contributed by atoms with Gasteiger partial charge in [0.2, 0.25) is 0 Å². The Hall–Kier alpha value is -2.49. The maximum atomic E-state index is 8.62. The summed E-state index contributed by atoms with van der Waals surface area (Å²) in [5, 5.41) is 15.0. The molecule has 0 unspecified atom stereocenters. The van der Waals surface area contributed by atoms with Gasteiger partial charge in [-0.2, -0.15) is 0 Å². The molecule has 0 aliphatic carbocycles. The minimum absolute atomic E-state index is 0.124. The number of nitrogens with two attached hydrogens (primary N) is 1. The molecule has 0 aliphatic rings. The number of benzene rings is 2. The Labute approximate surface area is 118 Å². The van der Waals surface area contributed by atoms with Crippen molar-refractivity contribution >= 4 is 11.5 Å². The minimum atomic E-state index is 0.124. The summed E-state index contributed by atoms with van der Waals surface area (Å²) >= 11 is 0. The van der Waals surface area contributed by atoms with Crippen molar-refractivity contribution in [3.8, 4) is 0 Å². The minimum Gasteiger partial charge on any atom is -0.409 e. The van der Waals surface area contributed by atoms with Crippen LogP contribution in [0.25, 0.3) is 0 Å². The second-order valence-corrected chi connectivity index (χ2v) is 4.85. The van der Waals surface area contributed by atoms with Crippen LogP contribution in [0.1, 0.15) is 22.3 Å². The standard InChI is InChI=1S/C16H19N3O/c1-11-3-4-12(2)15(9-11)18-10-13-5-7-14(8-6-13)16(17)19-20/h3-9,18,20H,10H2,1-2H3,(H2,17,19). The molecule has 0 aliphatic heterocycles. The quantitative estimate of drug-likeness (QED) is 0.346. The van der Waals surface area contributed by atoms with Gasteiger partial charge in [0.05, 0.1) is 0 Å². The predicted octanol–water partition coefficient (Wildman–Crippen LogP) is 3.01. The Bertz CT molecular complexity index is 618. The number of rotatable bonds is 4. The zero-order chi connectivity index (χ0) is 14.5. The molecule has 0 amide bonds. The van der Waals surface area contributed by atoms with Crippen LogP contribution in [0.3, 0.4) is 0 Å². The monoisotopic (exact) mass is 269 g/mol. The first kappa shape index (κ1) is 13.9. The van der Waals surface area contributed by atoms with E-state index in [9.17, 15) is 0 Å². The summed E-state index contributed by atoms with van der Waals surface area (Å²) in [6.45, 7) is 4.90. The fraction of sp³-hybridized carbons (Fsp3) is 0.188. The highest BCUT2D eigenvalue weighted by Crippen LogP contribution is 2.17. The summed E-state index contributed by atoms with van der Waals surface area (Å²) in [6, 6.07) is 14.0. The van der Waals surface area contributed by atoms with Gasteiger partial charge in [-0.25, -0.2) is 0 Å². The molecular weight excluding hydrogens is 250 g/mol. The van der Waals surface area contributed by atoms with Gasteiger partial charge in [-0.1, -0.05) is 41.6 Å². The highest BCUT2D eigenvalue weighted by molar-refractivity contribution is 5.96. The number of anilines is 1. The van der Waals surface area contributed by atoms with E-state index in [2.05, 4.69) is 42.5 Å². The van der Waals surface area contributed by atoms with Crippen LogP contribution < -0.4 is 11.1 Å². The van der Waals surface area contributed by atoms with Crippen LogP contribution in [0.4, 0.5) is 5.69 Å². The molecule has 0 aromatic heterocycles. The third kappa shape index (κ3) is 3.29. The van der Waals surface area contributed by atoms with E-state index in [-0.39, 0.29) is 5.84 Å².